The number of nitrogens with zero attached hydrogens (tertiary/aromatic N) is 1. The molecule has 0 fully saturated rings. The van der Waals surface area contributed by atoms with Crippen LogP contribution in [0.2, 0.25) is 0 Å². The molecule has 1 nitrogen and oxygen atoms in total. The molecule has 0 N–H and O–H groups in total. The average molecular weight is 207 g/mol. The molecular weight excluding hydrogens is 182 g/mol. The van der Waals surface area contributed by atoms with Crippen molar-refractivity contribution in [1.29, 1.82) is 0 Å². The summed E-state index contributed by atoms with van der Waals surface area (Å²) in [6.45, 7) is 8.05. The monoisotopic (exact) mass is 207 g/mol. The maximum atomic E-state index is 2.37. The van der Waals surface area contributed by atoms with E-state index < -0.39 is 0 Å². The molecule has 0 aromatic heterocycles. The molecule has 0 aliphatic heterocycles. The highest BCUT2D eigenvalue weighted by molar-refractivity contribution is 5.32. The molecule has 0 amide bonds. The van der Waals surface area contributed by atoms with Crippen LogP contribution in [0.4, 0.5) is 0 Å². The second-order valence-electron chi connectivity index (χ2n) is 5.60. The second kappa shape index (κ2) is 4.98. The van der Waals surface area contributed by atoms with Gasteiger partial charge in [-0.3, -0.25) is 0 Å². The molecule has 0 radical (unpaired) electrons. The van der Waals surface area contributed by atoms with Crippen molar-refractivity contribution in [3.8, 4) is 0 Å². The van der Waals surface area contributed by atoms with E-state index in [2.05, 4.69) is 51.9 Å². The average Bonchev–Trinajstić information content (AvgIpc) is 2.09. The smallest absolute Gasteiger partial charge is 0.0160 e. The summed E-state index contributed by atoms with van der Waals surface area (Å²) in [6.07, 6.45) is 8.58. The molecule has 0 saturated carbocycles. The minimum atomic E-state index is 0.380. The van der Waals surface area contributed by atoms with E-state index in [-0.39, 0.29) is 0 Å². The number of allylic oxidation sites excluding steroid dienone is 3. The zero-order valence-electron chi connectivity index (χ0n) is 10.9. The van der Waals surface area contributed by atoms with Gasteiger partial charge in [0, 0.05) is 6.54 Å². The lowest BCUT2D eigenvalue weighted by atomic mass is 9.73. The van der Waals surface area contributed by atoms with Crippen molar-refractivity contribution in [3.05, 3.63) is 23.3 Å². The van der Waals surface area contributed by atoms with Crippen LogP contribution in [0.25, 0.3) is 0 Å². The Hall–Kier alpha value is -0.560. The van der Waals surface area contributed by atoms with Gasteiger partial charge in [-0.15, -0.1) is 0 Å². The summed E-state index contributed by atoms with van der Waals surface area (Å²) in [7, 11) is 4.22. The van der Waals surface area contributed by atoms with Crippen LogP contribution in [0.5, 0.6) is 0 Å². The summed E-state index contributed by atoms with van der Waals surface area (Å²) in [4.78, 5) is 2.20. The lowest BCUT2D eigenvalue weighted by Crippen LogP contribution is -2.19. The Morgan fingerprint density at radius 1 is 1.33 bits per heavy atom. The van der Waals surface area contributed by atoms with Crippen molar-refractivity contribution < 1.29 is 0 Å². The first-order valence-corrected chi connectivity index (χ1v) is 5.95. The Balaban J connectivity index is 2.76. The molecule has 1 aliphatic rings. The normalized spacial score (nSPS) is 21.7. The number of rotatable bonds is 3. The van der Waals surface area contributed by atoms with Crippen molar-refractivity contribution in [2.75, 3.05) is 20.6 Å². The number of likely N-dealkylation sites (N-methyl/N-ethyl adjacent to an activating group) is 1. The van der Waals surface area contributed by atoms with Gasteiger partial charge in [0.05, 0.1) is 0 Å². The SMILES string of the molecule is CC1=C(/C=C/CN(C)C)C(C)(C)CCC1. The van der Waals surface area contributed by atoms with Gasteiger partial charge in [0.25, 0.3) is 0 Å². The molecule has 0 heterocycles. The van der Waals surface area contributed by atoms with E-state index in [0.717, 1.165) is 6.54 Å². The Kier molecular flexibility index (Phi) is 4.15. The molecule has 15 heavy (non-hydrogen) atoms. The molecule has 0 unspecified atom stereocenters. The van der Waals surface area contributed by atoms with Crippen molar-refractivity contribution in [2.45, 2.75) is 40.0 Å². The van der Waals surface area contributed by atoms with Crippen LogP contribution in [0.3, 0.4) is 0 Å². The first-order valence-electron chi connectivity index (χ1n) is 5.95. The molecule has 0 aromatic rings. The van der Waals surface area contributed by atoms with Gasteiger partial charge in [0.15, 0.2) is 0 Å². The van der Waals surface area contributed by atoms with Gasteiger partial charge in [-0.2, -0.15) is 0 Å². The molecule has 1 aliphatic carbocycles. The highest BCUT2D eigenvalue weighted by Gasteiger charge is 2.26. The van der Waals surface area contributed by atoms with Gasteiger partial charge < -0.3 is 4.90 Å². The minimum Gasteiger partial charge on any atom is -0.306 e. The van der Waals surface area contributed by atoms with Crippen LogP contribution in [-0.4, -0.2) is 25.5 Å². The highest BCUT2D eigenvalue weighted by atomic mass is 15.0. The third kappa shape index (κ3) is 3.49. The van der Waals surface area contributed by atoms with Gasteiger partial charge in [-0.1, -0.05) is 31.6 Å². The van der Waals surface area contributed by atoms with Gasteiger partial charge in [-0.25, -0.2) is 0 Å². The molecule has 86 valence electrons. The first kappa shape index (κ1) is 12.5. The van der Waals surface area contributed by atoms with E-state index in [1.54, 1.807) is 11.1 Å². The summed E-state index contributed by atoms with van der Waals surface area (Å²) in [6, 6.07) is 0. The maximum Gasteiger partial charge on any atom is 0.0160 e. The predicted molar refractivity (Wildman–Crippen MR) is 68.0 cm³/mol. The zero-order chi connectivity index (χ0) is 11.5. The zero-order valence-corrected chi connectivity index (χ0v) is 10.9. The summed E-state index contributed by atoms with van der Waals surface area (Å²) in [5, 5.41) is 0. The Morgan fingerprint density at radius 3 is 2.53 bits per heavy atom. The topological polar surface area (TPSA) is 3.24 Å². The van der Waals surface area contributed by atoms with Crippen LogP contribution in [0.1, 0.15) is 40.0 Å². The van der Waals surface area contributed by atoms with Crippen LogP contribution in [-0.2, 0) is 0 Å². The van der Waals surface area contributed by atoms with Crippen molar-refractivity contribution in [1.82, 2.24) is 4.90 Å². The third-order valence-corrected chi connectivity index (χ3v) is 3.30. The van der Waals surface area contributed by atoms with Gasteiger partial charge >= 0.3 is 0 Å². The van der Waals surface area contributed by atoms with Crippen LogP contribution in [0.15, 0.2) is 23.3 Å². The van der Waals surface area contributed by atoms with Crippen LogP contribution in [0, 0.1) is 5.41 Å². The fraction of sp³-hybridized carbons (Fsp3) is 0.714. The predicted octanol–water partition coefficient (Wildman–Crippen LogP) is 3.63. The van der Waals surface area contributed by atoms with Gasteiger partial charge in [0.1, 0.15) is 0 Å². The van der Waals surface area contributed by atoms with Crippen LogP contribution < -0.4 is 0 Å². The number of hydrogen-bond acceptors (Lipinski definition) is 1. The Labute approximate surface area is 94.9 Å². The molecule has 0 saturated heterocycles. The Morgan fingerprint density at radius 2 is 2.00 bits per heavy atom. The molecule has 0 spiro atoms. The molecule has 0 atom stereocenters. The van der Waals surface area contributed by atoms with Gasteiger partial charge in [-0.05, 0) is 51.3 Å². The van der Waals surface area contributed by atoms with E-state index >= 15 is 0 Å². The first-order chi connectivity index (χ1) is 6.93. The van der Waals surface area contributed by atoms with E-state index in [1.807, 2.05) is 0 Å². The minimum absolute atomic E-state index is 0.380. The van der Waals surface area contributed by atoms with E-state index in [4.69, 9.17) is 0 Å². The largest absolute Gasteiger partial charge is 0.306 e. The summed E-state index contributed by atoms with van der Waals surface area (Å²) in [5.41, 5.74) is 3.53. The molecule has 0 bridgehead atoms. The summed E-state index contributed by atoms with van der Waals surface area (Å²) < 4.78 is 0. The lowest BCUT2D eigenvalue weighted by Gasteiger charge is -2.33. The highest BCUT2D eigenvalue weighted by Crippen LogP contribution is 2.40. The van der Waals surface area contributed by atoms with Crippen molar-refractivity contribution in [2.24, 2.45) is 5.41 Å². The molecule has 0 aromatic carbocycles. The Bertz CT molecular complexity index is 269. The van der Waals surface area contributed by atoms with E-state index in [9.17, 15) is 0 Å². The van der Waals surface area contributed by atoms with Crippen molar-refractivity contribution >= 4 is 0 Å². The fourth-order valence-corrected chi connectivity index (χ4v) is 2.39. The maximum absolute atomic E-state index is 2.37. The van der Waals surface area contributed by atoms with E-state index in [1.165, 1.54) is 19.3 Å². The fourth-order valence-electron chi connectivity index (χ4n) is 2.39. The lowest BCUT2D eigenvalue weighted by molar-refractivity contribution is 0.376. The summed E-state index contributed by atoms with van der Waals surface area (Å²) >= 11 is 0. The standard InChI is InChI=1S/C14H25N/c1-12-8-6-10-14(2,3)13(12)9-7-11-15(4)5/h7,9H,6,8,10-11H2,1-5H3/b9-7+. The van der Waals surface area contributed by atoms with Gasteiger partial charge in [0.2, 0.25) is 0 Å². The second-order valence-corrected chi connectivity index (χ2v) is 5.60. The molecule has 1 rings (SSSR count). The van der Waals surface area contributed by atoms with Crippen LogP contribution >= 0.6 is 0 Å². The quantitative estimate of drug-likeness (QED) is 0.683. The third-order valence-electron chi connectivity index (χ3n) is 3.30. The molecular formula is C14H25N. The van der Waals surface area contributed by atoms with E-state index in [0.29, 0.717) is 5.41 Å². The number of hydrogen-bond donors (Lipinski definition) is 0. The summed E-state index contributed by atoms with van der Waals surface area (Å²) in [5.74, 6) is 0. The van der Waals surface area contributed by atoms with Crippen molar-refractivity contribution in [3.63, 3.8) is 0 Å². The molecule has 1 heteroatoms.